The van der Waals surface area contributed by atoms with Crippen molar-refractivity contribution in [3.63, 3.8) is 0 Å². The zero-order chi connectivity index (χ0) is 10.9. The van der Waals surface area contributed by atoms with Crippen molar-refractivity contribution in [1.82, 2.24) is 0 Å². The van der Waals surface area contributed by atoms with Gasteiger partial charge in [-0.25, -0.2) is 0 Å². The van der Waals surface area contributed by atoms with Gasteiger partial charge in [0.1, 0.15) is 0 Å². The van der Waals surface area contributed by atoms with Crippen molar-refractivity contribution in [2.45, 2.75) is 63.9 Å². The predicted octanol–water partition coefficient (Wildman–Crippen LogP) is 3.52. The van der Waals surface area contributed by atoms with Crippen LogP contribution in [0.1, 0.15) is 46.0 Å². The topological polar surface area (TPSA) is 18.5 Å². The monoisotopic (exact) mass is 324 g/mol. The number of rotatable bonds is 1. The molecule has 2 nitrogen and oxygen atoms in total. The first-order valence-electron chi connectivity index (χ1n) is 6.05. The van der Waals surface area contributed by atoms with Crippen LogP contribution in [0.25, 0.3) is 0 Å². The smallest absolute Gasteiger partial charge is 0.169 e. The third kappa shape index (κ3) is 2.86. The summed E-state index contributed by atoms with van der Waals surface area (Å²) in [7, 11) is 0. The average Bonchev–Trinajstić information content (AvgIpc) is 2.15. The molecule has 0 radical (unpaired) electrons. The fourth-order valence-electron chi connectivity index (χ4n) is 3.01. The van der Waals surface area contributed by atoms with Crippen molar-refractivity contribution in [1.29, 1.82) is 0 Å². The fourth-order valence-corrected chi connectivity index (χ4v) is 3.63. The third-order valence-electron chi connectivity index (χ3n) is 3.45. The lowest BCUT2D eigenvalue weighted by Crippen LogP contribution is -2.49. The summed E-state index contributed by atoms with van der Waals surface area (Å²) in [6.07, 6.45) is 6.60. The van der Waals surface area contributed by atoms with Crippen molar-refractivity contribution in [2.75, 3.05) is 4.43 Å². The Hall–Kier alpha value is 0.650. The van der Waals surface area contributed by atoms with E-state index in [1.165, 1.54) is 19.3 Å². The standard InChI is InChI=1S/C12H21IO2/c1-9-6-10(2)14-12(7-9)5-3-4-11(8-13)15-12/h9-11H,3-8H2,1-2H3. The number of halogens is 1. The Balaban J connectivity index is 2.04. The molecular formula is C12H21IO2. The Bertz CT molecular complexity index is 210. The molecule has 4 unspecified atom stereocenters. The minimum Gasteiger partial charge on any atom is -0.347 e. The summed E-state index contributed by atoms with van der Waals surface area (Å²) >= 11 is 2.42. The van der Waals surface area contributed by atoms with E-state index >= 15 is 0 Å². The SMILES string of the molecule is CC1CC(C)OC2(CCCC(CI)O2)C1. The summed E-state index contributed by atoms with van der Waals surface area (Å²) in [5.41, 5.74) is 0. The van der Waals surface area contributed by atoms with Crippen molar-refractivity contribution < 1.29 is 9.47 Å². The lowest BCUT2D eigenvalue weighted by Gasteiger charge is -2.47. The van der Waals surface area contributed by atoms with E-state index in [4.69, 9.17) is 9.47 Å². The molecule has 0 aromatic heterocycles. The highest BCUT2D eigenvalue weighted by Crippen LogP contribution is 2.41. The number of hydrogen-bond donors (Lipinski definition) is 0. The molecule has 0 N–H and O–H groups in total. The van der Waals surface area contributed by atoms with Crippen LogP contribution in [0.2, 0.25) is 0 Å². The van der Waals surface area contributed by atoms with Crippen molar-refractivity contribution >= 4 is 22.6 Å². The quantitative estimate of drug-likeness (QED) is 0.543. The summed E-state index contributed by atoms with van der Waals surface area (Å²) in [4.78, 5) is 0. The van der Waals surface area contributed by atoms with E-state index in [1.807, 2.05) is 0 Å². The Morgan fingerprint density at radius 1 is 1.33 bits per heavy atom. The van der Waals surface area contributed by atoms with Crippen molar-refractivity contribution in [3.05, 3.63) is 0 Å². The van der Waals surface area contributed by atoms with E-state index in [-0.39, 0.29) is 5.79 Å². The lowest BCUT2D eigenvalue weighted by molar-refractivity contribution is -0.315. The van der Waals surface area contributed by atoms with Gasteiger partial charge in [0.25, 0.3) is 0 Å². The van der Waals surface area contributed by atoms with Gasteiger partial charge in [-0.15, -0.1) is 0 Å². The highest BCUT2D eigenvalue weighted by molar-refractivity contribution is 14.1. The van der Waals surface area contributed by atoms with Gasteiger partial charge in [0.2, 0.25) is 0 Å². The van der Waals surface area contributed by atoms with Crippen LogP contribution in [0.4, 0.5) is 0 Å². The highest BCUT2D eigenvalue weighted by atomic mass is 127. The molecule has 0 aliphatic carbocycles. The number of hydrogen-bond acceptors (Lipinski definition) is 2. The van der Waals surface area contributed by atoms with Crippen LogP contribution < -0.4 is 0 Å². The van der Waals surface area contributed by atoms with Crippen LogP contribution in [0.5, 0.6) is 0 Å². The van der Waals surface area contributed by atoms with Gasteiger partial charge in [-0.3, -0.25) is 0 Å². The van der Waals surface area contributed by atoms with Crippen molar-refractivity contribution in [2.24, 2.45) is 5.92 Å². The second-order valence-corrected chi connectivity index (χ2v) is 6.05. The van der Waals surface area contributed by atoms with E-state index in [0.29, 0.717) is 12.2 Å². The van der Waals surface area contributed by atoms with E-state index in [2.05, 4.69) is 36.4 Å². The Kier molecular flexibility index (Phi) is 3.94. The molecule has 1 spiro atoms. The van der Waals surface area contributed by atoms with Gasteiger partial charge in [-0.2, -0.15) is 0 Å². The van der Waals surface area contributed by atoms with E-state index < -0.39 is 0 Å². The minimum absolute atomic E-state index is 0.231. The molecule has 2 aliphatic rings. The minimum atomic E-state index is -0.231. The lowest BCUT2D eigenvalue weighted by atomic mass is 9.87. The van der Waals surface area contributed by atoms with Crippen LogP contribution in [-0.2, 0) is 9.47 Å². The summed E-state index contributed by atoms with van der Waals surface area (Å²) in [5.74, 6) is 0.507. The molecule has 15 heavy (non-hydrogen) atoms. The molecule has 2 heterocycles. The molecule has 4 atom stereocenters. The summed E-state index contributed by atoms with van der Waals surface area (Å²) in [5, 5.41) is 0. The molecule has 0 saturated carbocycles. The van der Waals surface area contributed by atoms with Crippen LogP contribution in [-0.4, -0.2) is 22.4 Å². The maximum absolute atomic E-state index is 6.18. The van der Waals surface area contributed by atoms with Crippen LogP contribution in [0.15, 0.2) is 0 Å². The highest BCUT2D eigenvalue weighted by Gasteiger charge is 2.43. The molecule has 0 amide bonds. The molecule has 0 bridgehead atoms. The van der Waals surface area contributed by atoms with Gasteiger partial charge in [-0.05, 0) is 32.1 Å². The maximum Gasteiger partial charge on any atom is 0.169 e. The van der Waals surface area contributed by atoms with Crippen LogP contribution in [0, 0.1) is 5.92 Å². The van der Waals surface area contributed by atoms with Gasteiger partial charge in [-0.1, -0.05) is 29.5 Å². The van der Waals surface area contributed by atoms with E-state index in [0.717, 1.165) is 23.2 Å². The summed E-state index contributed by atoms with van der Waals surface area (Å²) < 4.78 is 13.4. The molecule has 3 heteroatoms. The average molecular weight is 324 g/mol. The largest absolute Gasteiger partial charge is 0.347 e. The van der Waals surface area contributed by atoms with Gasteiger partial charge < -0.3 is 9.47 Å². The van der Waals surface area contributed by atoms with Gasteiger partial charge in [0.15, 0.2) is 5.79 Å². The van der Waals surface area contributed by atoms with Gasteiger partial charge >= 0.3 is 0 Å². The summed E-state index contributed by atoms with van der Waals surface area (Å²) in [6, 6.07) is 0. The zero-order valence-corrected chi connectivity index (χ0v) is 11.8. The molecular weight excluding hydrogens is 303 g/mol. The van der Waals surface area contributed by atoms with Crippen molar-refractivity contribution in [3.8, 4) is 0 Å². The fraction of sp³-hybridized carbons (Fsp3) is 1.00. The Morgan fingerprint density at radius 3 is 2.80 bits per heavy atom. The first-order chi connectivity index (χ1) is 7.13. The molecule has 2 saturated heterocycles. The normalized spacial score (nSPS) is 47.0. The Labute approximate surface area is 106 Å². The van der Waals surface area contributed by atoms with E-state index in [1.54, 1.807) is 0 Å². The molecule has 2 rings (SSSR count). The van der Waals surface area contributed by atoms with E-state index in [9.17, 15) is 0 Å². The summed E-state index contributed by atoms with van der Waals surface area (Å²) in [6.45, 7) is 4.49. The predicted molar refractivity (Wildman–Crippen MR) is 69.3 cm³/mol. The van der Waals surface area contributed by atoms with Crippen LogP contribution in [0.3, 0.4) is 0 Å². The number of alkyl halides is 1. The Morgan fingerprint density at radius 2 is 2.13 bits per heavy atom. The maximum atomic E-state index is 6.18. The molecule has 0 aromatic carbocycles. The second-order valence-electron chi connectivity index (χ2n) is 5.17. The third-order valence-corrected chi connectivity index (χ3v) is 4.43. The first-order valence-corrected chi connectivity index (χ1v) is 7.58. The molecule has 2 fully saturated rings. The zero-order valence-electron chi connectivity index (χ0n) is 9.67. The van der Waals surface area contributed by atoms with Gasteiger partial charge in [0.05, 0.1) is 12.2 Å². The van der Waals surface area contributed by atoms with Gasteiger partial charge in [0, 0.05) is 17.3 Å². The molecule has 0 aromatic rings. The van der Waals surface area contributed by atoms with Crippen LogP contribution >= 0.6 is 22.6 Å². The first kappa shape index (κ1) is 12.1. The molecule has 88 valence electrons. The number of ether oxygens (including phenoxy) is 2. The second kappa shape index (κ2) is 4.88. The molecule has 2 aliphatic heterocycles.